The summed E-state index contributed by atoms with van der Waals surface area (Å²) in [5.74, 6) is 0. The molecule has 0 bridgehead atoms. The molecular formula is C74H80BN3S. The van der Waals surface area contributed by atoms with E-state index in [2.05, 4.69) is 295 Å². The van der Waals surface area contributed by atoms with E-state index in [1.807, 2.05) is 11.3 Å². The molecular weight excluding hydrogens is 974 g/mol. The molecule has 3 nitrogen and oxygen atoms in total. The van der Waals surface area contributed by atoms with Crippen LogP contribution in [0.1, 0.15) is 157 Å². The van der Waals surface area contributed by atoms with Crippen molar-refractivity contribution in [2.75, 3.05) is 14.6 Å². The van der Waals surface area contributed by atoms with E-state index < -0.39 is 0 Å². The second-order valence-corrected chi connectivity index (χ2v) is 29.7. The summed E-state index contributed by atoms with van der Waals surface area (Å²) in [6.45, 7) is 37.7. The minimum atomic E-state index is -0.163. The van der Waals surface area contributed by atoms with E-state index in [9.17, 15) is 0 Å². The van der Waals surface area contributed by atoms with E-state index in [4.69, 9.17) is 0 Å². The van der Waals surface area contributed by atoms with Gasteiger partial charge in [0, 0.05) is 60.1 Å². The van der Waals surface area contributed by atoms with Gasteiger partial charge in [0.25, 0.3) is 0 Å². The van der Waals surface area contributed by atoms with Crippen molar-refractivity contribution in [2.45, 2.75) is 156 Å². The van der Waals surface area contributed by atoms with Gasteiger partial charge in [-0.25, -0.2) is 0 Å². The molecule has 0 amide bonds. The standard InChI is InChI=1S/C74H80BN3S/c1-69(2,3)48-26-31-52(32-27-48)76(53-33-28-49(29-34-53)70(4,5)6)54-36-39-63-58(45-54)59-43-51(72(10,11)12)44-64-66(59)75(78(63)55-35-37-60-61(46-55)74(15,16)41-40-73(60,13)14)68-67(56-24-20-21-25-65(56)79-68)77(64)62-38-30-50(71(7,8)9)42-57(62)47-22-18-17-19-23-47/h17-39,42-46H,40-41H2,1-16H3. The fourth-order valence-corrected chi connectivity index (χ4v) is 14.2. The zero-order valence-electron chi connectivity index (χ0n) is 49.9. The van der Waals surface area contributed by atoms with E-state index in [0.717, 1.165) is 23.5 Å². The van der Waals surface area contributed by atoms with Gasteiger partial charge in [-0.2, -0.15) is 0 Å². The Kier molecular flexibility index (Phi) is 12.3. The normalized spacial score (nSPS) is 15.6. The van der Waals surface area contributed by atoms with Crippen molar-refractivity contribution >= 4 is 84.0 Å². The van der Waals surface area contributed by atoms with Crippen LogP contribution in [0.2, 0.25) is 0 Å². The summed E-state index contributed by atoms with van der Waals surface area (Å²) in [7, 11) is 0. The molecule has 2 aliphatic heterocycles. The maximum absolute atomic E-state index is 2.76. The van der Waals surface area contributed by atoms with Crippen molar-refractivity contribution in [3.8, 4) is 22.3 Å². The van der Waals surface area contributed by atoms with E-state index >= 15 is 0 Å². The quantitative estimate of drug-likeness (QED) is 0.154. The van der Waals surface area contributed by atoms with E-state index in [1.165, 1.54) is 111 Å². The first kappa shape index (κ1) is 52.9. The summed E-state index contributed by atoms with van der Waals surface area (Å²) in [6.07, 6.45) is 2.33. The van der Waals surface area contributed by atoms with Gasteiger partial charge < -0.3 is 14.6 Å². The molecule has 0 spiro atoms. The molecule has 1 aliphatic carbocycles. The van der Waals surface area contributed by atoms with Crippen molar-refractivity contribution in [2.24, 2.45) is 0 Å². The Morgan fingerprint density at radius 2 is 0.975 bits per heavy atom. The van der Waals surface area contributed by atoms with Crippen LogP contribution < -0.4 is 24.9 Å². The molecule has 3 heterocycles. The highest BCUT2D eigenvalue weighted by atomic mass is 32.1. The SMILES string of the molecule is CC(C)(C)c1ccc(N(c2ccc(C(C)(C)C)cc2)c2ccc3c(c2)-c2cc(C(C)(C)C)cc4c2B(c2sc5ccccc5c2N4c2ccc(C(C)(C)C)cc2-c2ccccc2)N3c2ccc3c(c2)C(C)(C)CCC3(C)C)cc1. The Morgan fingerprint density at radius 1 is 0.443 bits per heavy atom. The number of benzene rings is 8. The molecule has 79 heavy (non-hydrogen) atoms. The molecule has 9 aromatic rings. The van der Waals surface area contributed by atoms with Crippen LogP contribution in [0.25, 0.3) is 32.3 Å². The summed E-state index contributed by atoms with van der Waals surface area (Å²) < 4.78 is 2.67. The second-order valence-electron chi connectivity index (χ2n) is 28.6. The Balaban J connectivity index is 1.20. The third-order valence-corrected chi connectivity index (χ3v) is 19.2. The van der Waals surface area contributed by atoms with Gasteiger partial charge in [0.1, 0.15) is 0 Å². The number of hydrogen-bond acceptors (Lipinski definition) is 4. The number of nitrogens with zero attached hydrogens (tertiary/aromatic N) is 3. The molecule has 0 radical (unpaired) electrons. The smallest absolute Gasteiger partial charge is 0.343 e. The lowest BCUT2D eigenvalue weighted by Crippen LogP contribution is -2.60. The average Bonchev–Trinajstić information content (AvgIpc) is 2.81. The predicted molar refractivity (Wildman–Crippen MR) is 346 cm³/mol. The summed E-state index contributed by atoms with van der Waals surface area (Å²) in [5.41, 5.74) is 24.1. The first-order valence-electron chi connectivity index (χ1n) is 29.0. The molecule has 3 aliphatic rings. The molecule has 400 valence electrons. The number of thiophene rings is 1. The summed E-state index contributed by atoms with van der Waals surface area (Å²) in [6, 6.07) is 66.3. The maximum Gasteiger partial charge on any atom is 0.343 e. The maximum atomic E-state index is 2.76. The summed E-state index contributed by atoms with van der Waals surface area (Å²) in [5, 5.41) is 1.29. The lowest BCUT2D eigenvalue weighted by molar-refractivity contribution is 0.332. The monoisotopic (exact) mass is 1050 g/mol. The lowest BCUT2D eigenvalue weighted by atomic mass is 9.46. The second kappa shape index (κ2) is 18.4. The Morgan fingerprint density at radius 3 is 1.58 bits per heavy atom. The van der Waals surface area contributed by atoms with Crippen molar-refractivity contribution in [3.63, 3.8) is 0 Å². The van der Waals surface area contributed by atoms with Crippen LogP contribution in [0.4, 0.5) is 45.5 Å². The molecule has 12 rings (SSSR count). The van der Waals surface area contributed by atoms with Crippen molar-refractivity contribution in [3.05, 3.63) is 203 Å². The van der Waals surface area contributed by atoms with Gasteiger partial charge in [-0.3, -0.25) is 0 Å². The van der Waals surface area contributed by atoms with Gasteiger partial charge in [-0.15, -0.1) is 11.3 Å². The van der Waals surface area contributed by atoms with Gasteiger partial charge in [0.15, 0.2) is 0 Å². The van der Waals surface area contributed by atoms with Gasteiger partial charge in [0.05, 0.1) is 11.4 Å². The zero-order valence-corrected chi connectivity index (χ0v) is 50.7. The predicted octanol–water partition coefficient (Wildman–Crippen LogP) is 20.3. The number of hydrogen-bond donors (Lipinski definition) is 0. The van der Waals surface area contributed by atoms with Crippen molar-refractivity contribution in [1.82, 2.24) is 0 Å². The van der Waals surface area contributed by atoms with Crippen LogP contribution in [0.5, 0.6) is 0 Å². The van der Waals surface area contributed by atoms with Gasteiger partial charge in [-0.05, 0) is 174 Å². The van der Waals surface area contributed by atoms with Crippen LogP contribution in [0.15, 0.2) is 170 Å². The van der Waals surface area contributed by atoms with Crippen LogP contribution in [-0.4, -0.2) is 6.85 Å². The van der Waals surface area contributed by atoms with Crippen molar-refractivity contribution < 1.29 is 0 Å². The minimum Gasteiger partial charge on any atom is -0.376 e. The van der Waals surface area contributed by atoms with Gasteiger partial charge in [-0.1, -0.05) is 202 Å². The van der Waals surface area contributed by atoms with E-state index in [0.29, 0.717) is 0 Å². The van der Waals surface area contributed by atoms with E-state index in [1.54, 1.807) is 0 Å². The third kappa shape index (κ3) is 9.04. The average molecular weight is 1050 g/mol. The summed E-state index contributed by atoms with van der Waals surface area (Å²) >= 11 is 1.97. The number of rotatable bonds is 6. The van der Waals surface area contributed by atoms with E-state index in [-0.39, 0.29) is 39.3 Å². The molecule has 0 saturated heterocycles. The minimum absolute atomic E-state index is 0.0266. The van der Waals surface area contributed by atoms with Crippen LogP contribution in [0.3, 0.4) is 0 Å². The molecule has 0 atom stereocenters. The lowest BCUT2D eigenvalue weighted by Gasteiger charge is -2.47. The molecule has 0 fully saturated rings. The molecule has 1 aromatic heterocycles. The van der Waals surface area contributed by atoms with Crippen molar-refractivity contribution in [1.29, 1.82) is 0 Å². The van der Waals surface area contributed by atoms with Crippen LogP contribution in [-0.2, 0) is 32.5 Å². The molecule has 5 heteroatoms. The van der Waals surface area contributed by atoms with Crippen LogP contribution in [0, 0.1) is 0 Å². The fourth-order valence-electron chi connectivity index (χ4n) is 12.9. The number of anilines is 8. The zero-order chi connectivity index (χ0) is 55.9. The molecule has 0 N–H and O–H groups in total. The Labute approximate surface area is 477 Å². The Hall–Kier alpha value is -6.82. The molecule has 8 aromatic carbocycles. The highest BCUT2D eigenvalue weighted by Gasteiger charge is 2.49. The number of fused-ring (bicyclic) bond motifs is 7. The molecule has 0 saturated carbocycles. The van der Waals surface area contributed by atoms with Gasteiger partial charge >= 0.3 is 6.85 Å². The Bertz CT molecular complexity index is 3770. The highest BCUT2D eigenvalue weighted by molar-refractivity contribution is 7.32. The van der Waals surface area contributed by atoms with Gasteiger partial charge in [0.2, 0.25) is 0 Å². The largest absolute Gasteiger partial charge is 0.376 e. The third-order valence-electron chi connectivity index (χ3n) is 17.9. The van der Waals surface area contributed by atoms with Crippen LogP contribution >= 0.6 is 11.3 Å². The molecule has 0 unspecified atom stereocenters. The highest BCUT2D eigenvalue weighted by Crippen LogP contribution is 2.55. The fraction of sp³-hybridized carbons (Fsp3) is 0.324. The first-order chi connectivity index (χ1) is 37.2. The first-order valence-corrected chi connectivity index (χ1v) is 29.8. The summed E-state index contributed by atoms with van der Waals surface area (Å²) in [4.78, 5) is 7.93. The topological polar surface area (TPSA) is 9.72 Å².